The van der Waals surface area contributed by atoms with Crippen molar-refractivity contribution in [2.75, 3.05) is 71.4 Å². The molecule has 1 amide bonds. The zero-order valence-electron chi connectivity index (χ0n) is 17.3. The topological polar surface area (TPSA) is 91.2 Å². The lowest BCUT2D eigenvalue weighted by molar-refractivity contribution is -0.384. The van der Waals surface area contributed by atoms with E-state index in [1.165, 1.54) is 6.07 Å². The van der Waals surface area contributed by atoms with E-state index in [9.17, 15) is 14.9 Å². The van der Waals surface area contributed by atoms with Gasteiger partial charge in [0.2, 0.25) is 0 Å². The molecule has 2 aliphatic heterocycles. The average Bonchev–Trinajstić information content (AvgIpc) is 3.23. The van der Waals surface area contributed by atoms with Crippen molar-refractivity contribution >= 4 is 17.3 Å². The lowest BCUT2D eigenvalue weighted by atomic mass is 10.1. The molecule has 160 valence electrons. The first-order chi connectivity index (χ1) is 14.0. The number of anilines is 1. The van der Waals surface area contributed by atoms with Gasteiger partial charge in [-0.1, -0.05) is 6.92 Å². The predicted octanol–water partition coefficient (Wildman–Crippen LogP) is 1.51. The summed E-state index contributed by atoms with van der Waals surface area (Å²) in [4.78, 5) is 30.7. The lowest BCUT2D eigenvalue weighted by Gasteiger charge is -2.37. The monoisotopic (exact) mass is 405 g/mol. The molecule has 0 aliphatic carbocycles. The number of likely N-dealkylation sites (N-methyl/N-ethyl adjacent to an activating group) is 1. The predicted molar refractivity (Wildman–Crippen MR) is 111 cm³/mol. The van der Waals surface area contributed by atoms with Gasteiger partial charge in [0.15, 0.2) is 0 Å². The quantitative estimate of drug-likeness (QED) is 0.398. The molecule has 3 rings (SSSR count). The van der Waals surface area contributed by atoms with Crippen molar-refractivity contribution in [3.05, 3.63) is 33.9 Å². The van der Waals surface area contributed by atoms with Crippen molar-refractivity contribution in [2.45, 2.75) is 19.4 Å². The van der Waals surface area contributed by atoms with Gasteiger partial charge in [0.25, 0.3) is 11.6 Å². The number of nitrogens with one attached hydrogen (secondary N) is 1. The van der Waals surface area contributed by atoms with E-state index in [1.807, 2.05) is 4.90 Å². The third-order valence-corrected chi connectivity index (χ3v) is 5.88. The summed E-state index contributed by atoms with van der Waals surface area (Å²) in [6.07, 6.45) is 0.955. The number of hydrogen-bond acceptors (Lipinski definition) is 7. The average molecular weight is 405 g/mol. The Kier molecular flexibility index (Phi) is 7.40. The molecule has 1 unspecified atom stereocenters. The van der Waals surface area contributed by atoms with Gasteiger partial charge >= 0.3 is 0 Å². The standard InChI is InChI=1S/C20H31N5O4/c1-3-22-9-11-23(12-10-22)17-6-8-24(15-17)20(26)16-4-5-18(21-7-13-29-2)19(14-16)25(27)28/h4-5,14,17,21H,3,6-13,15H2,1-2H3. The fourth-order valence-corrected chi connectivity index (χ4v) is 4.10. The first kappa shape index (κ1) is 21.5. The minimum absolute atomic E-state index is 0.0848. The number of methoxy groups -OCH3 is 1. The van der Waals surface area contributed by atoms with E-state index in [4.69, 9.17) is 4.74 Å². The molecule has 9 nitrogen and oxygen atoms in total. The minimum Gasteiger partial charge on any atom is -0.383 e. The second-order valence-corrected chi connectivity index (χ2v) is 7.57. The minimum atomic E-state index is -0.452. The molecular formula is C20H31N5O4. The van der Waals surface area contributed by atoms with E-state index >= 15 is 0 Å². The lowest BCUT2D eigenvalue weighted by Crippen LogP contribution is -2.51. The fraction of sp³-hybridized carbons (Fsp3) is 0.650. The Morgan fingerprint density at radius 1 is 1.28 bits per heavy atom. The third kappa shape index (κ3) is 5.23. The molecule has 2 fully saturated rings. The number of rotatable bonds is 8. The molecule has 29 heavy (non-hydrogen) atoms. The van der Waals surface area contributed by atoms with Gasteiger partial charge in [0, 0.05) is 70.6 Å². The van der Waals surface area contributed by atoms with Crippen LogP contribution in [0.2, 0.25) is 0 Å². The molecular weight excluding hydrogens is 374 g/mol. The number of likely N-dealkylation sites (tertiary alicyclic amines) is 1. The highest BCUT2D eigenvalue weighted by atomic mass is 16.6. The molecule has 1 aromatic rings. The van der Waals surface area contributed by atoms with Crippen molar-refractivity contribution in [2.24, 2.45) is 0 Å². The third-order valence-electron chi connectivity index (χ3n) is 5.88. The van der Waals surface area contributed by atoms with Gasteiger partial charge in [-0.3, -0.25) is 19.8 Å². The summed E-state index contributed by atoms with van der Waals surface area (Å²) in [5.74, 6) is -0.133. The fourth-order valence-electron chi connectivity index (χ4n) is 4.10. The van der Waals surface area contributed by atoms with Crippen molar-refractivity contribution in [3.63, 3.8) is 0 Å². The van der Waals surface area contributed by atoms with E-state index in [-0.39, 0.29) is 11.6 Å². The number of nitrogens with zero attached hydrogens (tertiary/aromatic N) is 4. The zero-order chi connectivity index (χ0) is 20.8. The zero-order valence-corrected chi connectivity index (χ0v) is 17.3. The summed E-state index contributed by atoms with van der Waals surface area (Å²) in [7, 11) is 1.57. The smallest absolute Gasteiger partial charge is 0.293 e. The Balaban J connectivity index is 1.63. The van der Waals surface area contributed by atoms with Gasteiger partial charge in [0.1, 0.15) is 5.69 Å². The number of nitro benzene ring substituents is 1. The van der Waals surface area contributed by atoms with Crippen LogP contribution >= 0.6 is 0 Å². The Morgan fingerprint density at radius 3 is 2.69 bits per heavy atom. The Bertz CT molecular complexity index is 721. The SMILES string of the molecule is CCN1CCN(C2CCN(C(=O)c3ccc(NCCOC)c([N+](=O)[O-])c3)C2)CC1. The van der Waals surface area contributed by atoms with Crippen LogP contribution in [0.25, 0.3) is 0 Å². The molecule has 2 saturated heterocycles. The largest absolute Gasteiger partial charge is 0.383 e. The summed E-state index contributed by atoms with van der Waals surface area (Å²) >= 11 is 0. The maximum Gasteiger partial charge on any atom is 0.293 e. The van der Waals surface area contributed by atoms with Gasteiger partial charge in [0.05, 0.1) is 11.5 Å². The van der Waals surface area contributed by atoms with Crippen LogP contribution in [-0.2, 0) is 4.74 Å². The number of piperazine rings is 1. The molecule has 2 aliphatic rings. The second-order valence-electron chi connectivity index (χ2n) is 7.57. The molecule has 0 spiro atoms. The number of amides is 1. The molecule has 0 aromatic heterocycles. The molecule has 0 saturated carbocycles. The molecule has 1 N–H and O–H groups in total. The van der Waals surface area contributed by atoms with Gasteiger partial charge in [-0.15, -0.1) is 0 Å². The van der Waals surface area contributed by atoms with Crippen molar-refractivity contribution < 1.29 is 14.5 Å². The van der Waals surface area contributed by atoms with Gasteiger partial charge in [-0.2, -0.15) is 0 Å². The number of hydrogen-bond donors (Lipinski definition) is 1. The van der Waals surface area contributed by atoms with E-state index < -0.39 is 4.92 Å². The number of nitro groups is 1. The Hall–Kier alpha value is -2.23. The van der Waals surface area contributed by atoms with Crippen LogP contribution in [0, 0.1) is 10.1 Å². The molecule has 1 aromatic carbocycles. The highest BCUT2D eigenvalue weighted by Crippen LogP contribution is 2.27. The summed E-state index contributed by atoms with van der Waals surface area (Å²) in [5, 5.41) is 14.4. The molecule has 1 atom stereocenters. The maximum atomic E-state index is 13.0. The van der Waals surface area contributed by atoms with Crippen LogP contribution in [0.3, 0.4) is 0 Å². The number of carbonyl (C=O) groups excluding carboxylic acids is 1. The Morgan fingerprint density at radius 2 is 2.03 bits per heavy atom. The van der Waals surface area contributed by atoms with Gasteiger partial charge < -0.3 is 19.9 Å². The highest BCUT2D eigenvalue weighted by Gasteiger charge is 2.32. The number of carbonyl (C=O) groups is 1. The summed E-state index contributed by atoms with van der Waals surface area (Å²) < 4.78 is 4.97. The van der Waals surface area contributed by atoms with Gasteiger partial charge in [-0.25, -0.2) is 0 Å². The number of benzene rings is 1. The van der Waals surface area contributed by atoms with Crippen LogP contribution in [0.5, 0.6) is 0 Å². The van der Waals surface area contributed by atoms with Crippen LogP contribution in [-0.4, -0.2) is 97.6 Å². The molecule has 0 radical (unpaired) electrons. The second kappa shape index (κ2) is 10.00. The molecule has 2 heterocycles. The van der Waals surface area contributed by atoms with Crippen molar-refractivity contribution in [1.29, 1.82) is 0 Å². The highest BCUT2D eigenvalue weighted by molar-refractivity contribution is 5.96. The van der Waals surface area contributed by atoms with Crippen LogP contribution in [0.4, 0.5) is 11.4 Å². The van der Waals surface area contributed by atoms with Gasteiger partial charge in [-0.05, 0) is 25.1 Å². The normalized spacial score (nSPS) is 20.8. The number of ether oxygens (including phenoxy) is 1. The van der Waals surface area contributed by atoms with Crippen molar-refractivity contribution in [1.82, 2.24) is 14.7 Å². The Labute approximate surface area is 171 Å². The molecule has 9 heteroatoms. The van der Waals surface area contributed by atoms with E-state index in [1.54, 1.807) is 19.2 Å². The maximum absolute atomic E-state index is 13.0. The van der Waals surface area contributed by atoms with Crippen molar-refractivity contribution in [3.8, 4) is 0 Å². The van der Waals surface area contributed by atoms with E-state index in [0.717, 1.165) is 39.1 Å². The van der Waals surface area contributed by atoms with E-state index in [0.29, 0.717) is 43.5 Å². The van der Waals surface area contributed by atoms with Crippen LogP contribution in [0.1, 0.15) is 23.7 Å². The van der Waals surface area contributed by atoms with Crippen LogP contribution in [0.15, 0.2) is 18.2 Å². The summed E-state index contributed by atoms with van der Waals surface area (Å²) in [6.45, 7) is 9.77. The summed E-state index contributed by atoms with van der Waals surface area (Å²) in [6, 6.07) is 5.03. The first-order valence-electron chi connectivity index (χ1n) is 10.3. The van der Waals surface area contributed by atoms with E-state index in [2.05, 4.69) is 22.0 Å². The molecule has 0 bridgehead atoms. The summed E-state index contributed by atoms with van der Waals surface area (Å²) in [5.41, 5.74) is 0.681. The first-order valence-corrected chi connectivity index (χ1v) is 10.3. The van der Waals surface area contributed by atoms with Crippen LogP contribution < -0.4 is 5.32 Å².